The molecule has 1 aromatic rings. The molecule has 2 unspecified atom stereocenters. The average molecular weight is 272 g/mol. The largest absolute Gasteiger partial charge is 0.473 e. The molecule has 0 bridgehead atoms. The summed E-state index contributed by atoms with van der Waals surface area (Å²) in [6.07, 6.45) is 6.02. The van der Waals surface area contributed by atoms with Crippen molar-refractivity contribution in [2.24, 2.45) is 0 Å². The zero-order valence-electron chi connectivity index (χ0n) is 10.6. The molecule has 0 saturated heterocycles. The topological polar surface area (TPSA) is 56.3 Å². The Morgan fingerprint density at radius 2 is 2.17 bits per heavy atom. The Kier molecular flexibility index (Phi) is 4.60. The number of halogens is 1. The Bertz CT molecular complexity index is 403. The number of anilines is 1. The van der Waals surface area contributed by atoms with E-state index in [9.17, 15) is 0 Å². The van der Waals surface area contributed by atoms with E-state index in [1.807, 2.05) is 0 Å². The van der Waals surface area contributed by atoms with E-state index in [0.29, 0.717) is 16.9 Å². The zero-order valence-corrected chi connectivity index (χ0v) is 11.4. The Morgan fingerprint density at radius 3 is 2.89 bits per heavy atom. The second-order valence-corrected chi connectivity index (χ2v) is 4.77. The van der Waals surface area contributed by atoms with E-state index in [2.05, 4.69) is 15.3 Å². The molecule has 100 valence electrons. The maximum atomic E-state index is 6.03. The van der Waals surface area contributed by atoms with Crippen molar-refractivity contribution < 1.29 is 9.47 Å². The van der Waals surface area contributed by atoms with Crippen molar-refractivity contribution in [1.82, 2.24) is 9.97 Å². The number of hydrogen-bond donors (Lipinski definition) is 1. The second kappa shape index (κ2) is 6.20. The summed E-state index contributed by atoms with van der Waals surface area (Å²) in [5.41, 5.74) is 0. The van der Waals surface area contributed by atoms with E-state index in [1.54, 1.807) is 20.4 Å². The van der Waals surface area contributed by atoms with Crippen LogP contribution in [0.1, 0.15) is 25.7 Å². The van der Waals surface area contributed by atoms with Crippen molar-refractivity contribution in [3.8, 4) is 5.88 Å². The fourth-order valence-corrected chi connectivity index (χ4v) is 2.27. The highest BCUT2D eigenvalue weighted by Gasteiger charge is 2.24. The van der Waals surface area contributed by atoms with Crippen LogP contribution in [0, 0.1) is 0 Å². The first-order valence-corrected chi connectivity index (χ1v) is 6.50. The molecule has 1 heterocycles. The van der Waals surface area contributed by atoms with E-state index in [-0.39, 0.29) is 12.2 Å². The predicted octanol–water partition coefficient (Wildman–Crippen LogP) is 2.51. The molecule has 0 amide bonds. The van der Waals surface area contributed by atoms with Gasteiger partial charge in [-0.1, -0.05) is 11.6 Å². The third-order valence-electron chi connectivity index (χ3n) is 3.13. The number of rotatable bonds is 4. The van der Waals surface area contributed by atoms with Crippen molar-refractivity contribution in [1.29, 1.82) is 0 Å². The molecule has 1 saturated carbocycles. The van der Waals surface area contributed by atoms with Crippen LogP contribution >= 0.6 is 11.6 Å². The van der Waals surface area contributed by atoms with Gasteiger partial charge in [-0.05, 0) is 19.3 Å². The SMILES string of the molecule is CNc1ncc(Cl)c(OC2CCCC(OC)C2)n1. The first-order valence-electron chi connectivity index (χ1n) is 6.12. The van der Waals surface area contributed by atoms with Gasteiger partial charge in [0, 0.05) is 20.6 Å². The summed E-state index contributed by atoms with van der Waals surface area (Å²) in [7, 11) is 3.50. The van der Waals surface area contributed by atoms with E-state index < -0.39 is 0 Å². The standard InChI is InChI=1S/C12H18ClN3O2/c1-14-12-15-7-10(13)11(16-12)18-9-5-3-4-8(6-9)17-2/h7-9H,3-6H2,1-2H3,(H,14,15,16). The smallest absolute Gasteiger partial charge is 0.237 e. The van der Waals surface area contributed by atoms with E-state index in [4.69, 9.17) is 21.1 Å². The normalized spacial score (nSPS) is 23.7. The minimum absolute atomic E-state index is 0.112. The Hall–Kier alpha value is -1.07. The van der Waals surface area contributed by atoms with Crippen LogP contribution in [0.25, 0.3) is 0 Å². The minimum atomic E-state index is 0.112. The number of methoxy groups -OCH3 is 1. The van der Waals surface area contributed by atoms with Crippen LogP contribution in [0.4, 0.5) is 5.95 Å². The molecule has 0 radical (unpaired) electrons. The van der Waals surface area contributed by atoms with Gasteiger partial charge in [0.25, 0.3) is 0 Å². The summed E-state index contributed by atoms with van der Waals surface area (Å²) < 4.78 is 11.2. The molecule has 2 rings (SSSR count). The van der Waals surface area contributed by atoms with Crippen LogP contribution < -0.4 is 10.1 Å². The molecule has 0 aromatic carbocycles. The Morgan fingerprint density at radius 1 is 1.39 bits per heavy atom. The van der Waals surface area contributed by atoms with Crippen molar-refractivity contribution >= 4 is 17.5 Å². The molecule has 1 aromatic heterocycles. The van der Waals surface area contributed by atoms with Crippen LogP contribution in [0.3, 0.4) is 0 Å². The van der Waals surface area contributed by atoms with Gasteiger partial charge >= 0.3 is 0 Å². The molecule has 0 aliphatic heterocycles. The van der Waals surface area contributed by atoms with Crippen LogP contribution in [-0.4, -0.2) is 36.3 Å². The van der Waals surface area contributed by atoms with Crippen molar-refractivity contribution in [2.75, 3.05) is 19.5 Å². The fourth-order valence-electron chi connectivity index (χ4n) is 2.14. The van der Waals surface area contributed by atoms with Crippen LogP contribution in [0.15, 0.2) is 6.20 Å². The summed E-state index contributed by atoms with van der Waals surface area (Å²) in [6, 6.07) is 0. The third kappa shape index (κ3) is 3.23. The Balaban J connectivity index is 2.04. The van der Waals surface area contributed by atoms with Gasteiger partial charge in [0.2, 0.25) is 11.8 Å². The van der Waals surface area contributed by atoms with Crippen molar-refractivity contribution in [2.45, 2.75) is 37.9 Å². The molecule has 18 heavy (non-hydrogen) atoms. The molecule has 0 spiro atoms. The summed E-state index contributed by atoms with van der Waals surface area (Å²) in [5.74, 6) is 0.950. The van der Waals surface area contributed by atoms with Crippen LogP contribution in [0.2, 0.25) is 5.02 Å². The molecule has 1 fully saturated rings. The second-order valence-electron chi connectivity index (χ2n) is 4.36. The lowest BCUT2D eigenvalue weighted by Gasteiger charge is -2.28. The number of hydrogen-bond acceptors (Lipinski definition) is 5. The number of ether oxygens (including phenoxy) is 2. The van der Waals surface area contributed by atoms with Crippen LogP contribution in [0.5, 0.6) is 5.88 Å². The van der Waals surface area contributed by atoms with E-state index >= 15 is 0 Å². The van der Waals surface area contributed by atoms with Gasteiger partial charge in [-0.15, -0.1) is 0 Å². The molecule has 1 aliphatic rings. The van der Waals surface area contributed by atoms with Crippen molar-refractivity contribution in [3.63, 3.8) is 0 Å². The maximum absolute atomic E-state index is 6.03. The quantitative estimate of drug-likeness (QED) is 0.912. The van der Waals surface area contributed by atoms with Crippen LogP contribution in [-0.2, 0) is 4.74 Å². The summed E-state index contributed by atoms with van der Waals surface area (Å²) >= 11 is 6.03. The number of nitrogens with one attached hydrogen (secondary N) is 1. The molecule has 1 aliphatic carbocycles. The first kappa shape index (κ1) is 13.4. The summed E-state index contributed by atoms with van der Waals surface area (Å²) in [4.78, 5) is 8.24. The van der Waals surface area contributed by atoms with Crippen molar-refractivity contribution in [3.05, 3.63) is 11.2 Å². The fraction of sp³-hybridized carbons (Fsp3) is 0.667. The highest BCUT2D eigenvalue weighted by molar-refractivity contribution is 6.31. The van der Waals surface area contributed by atoms with Gasteiger partial charge in [0.1, 0.15) is 11.1 Å². The zero-order chi connectivity index (χ0) is 13.0. The van der Waals surface area contributed by atoms with Gasteiger partial charge < -0.3 is 14.8 Å². The maximum Gasteiger partial charge on any atom is 0.237 e. The van der Waals surface area contributed by atoms with Gasteiger partial charge in [0.05, 0.1) is 12.3 Å². The summed E-state index contributed by atoms with van der Waals surface area (Å²) in [5, 5.41) is 3.30. The molecule has 6 heteroatoms. The highest BCUT2D eigenvalue weighted by Crippen LogP contribution is 2.28. The minimum Gasteiger partial charge on any atom is -0.473 e. The van der Waals surface area contributed by atoms with Gasteiger partial charge in [0.15, 0.2) is 0 Å². The Labute approximate surface area is 112 Å². The summed E-state index contributed by atoms with van der Waals surface area (Å²) in [6.45, 7) is 0. The van der Waals surface area contributed by atoms with E-state index in [0.717, 1.165) is 25.7 Å². The molecule has 5 nitrogen and oxygen atoms in total. The molecule has 1 N–H and O–H groups in total. The first-order chi connectivity index (χ1) is 8.72. The van der Waals surface area contributed by atoms with Gasteiger partial charge in [-0.25, -0.2) is 4.98 Å². The lowest BCUT2D eigenvalue weighted by Crippen LogP contribution is -2.29. The molecular weight excluding hydrogens is 254 g/mol. The van der Waals surface area contributed by atoms with Gasteiger partial charge in [-0.2, -0.15) is 4.98 Å². The molecular formula is C12H18ClN3O2. The highest BCUT2D eigenvalue weighted by atomic mass is 35.5. The number of nitrogens with zero attached hydrogens (tertiary/aromatic N) is 2. The molecule has 2 atom stereocenters. The lowest BCUT2D eigenvalue weighted by molar-refractivity contribution is 0.0195. The monoisotopic (exact) mass is 271 g/mol. The average Bonchev–Trinajstić information content (AvgIpc) is 2.41. The third-order valence-corrected chi connectivity index (χ3v) is 3.38. The van der Waals surface area contributed by atoms with Gasteiger partial charge in [-0.3, -0.25) is 0 Å². The van der Waals surface area contributed by atoms with E-state index in [1.165, 1.54) is 0 Å². The lowest BCUT2D eigenvalue weighted by atomic mass is 9.95. The predicted molar refractivity (Wildman–Crippen MR) is 70.3 cm³/mol. The number of aromatic nitrogens is 2.